The maximum Gasteiger partial charge on any atom is 0.330 e. The molecule has 0 aliphatic heterocycles. The molecule has 0 N–H and O–H groups in total. The summed E-state index contributed by atoms with van der Waals surface area (Å²) in [4.78, 5) is 10.2. The second kappa shape index (κ2) is 6.21. The second-order valence-electron chi connectivity index (χ2n) is 1.21. The van der Waals surface area contributed by atoms with Gasteiger partial charge in [-0.15, -0.1) is 6.08 Å². The molecule has 0 aliphatic carbocycles. The molecule has 0 amide bonds. The molecule has 0 aliphatic rings. The van der Waals surface area contributed by atoms with Crippen molar-refractivity contribution in [2.24, 2.45) is 0 Å². The van der Waals surface area contributed by atoms with Gasteiger partial charge in [-0.1, -0.05) is 0 Å². The Morgan fingerprint density at radius 3 is 2.67 bits per heavy atom. The monoisotopic (exact) mass is 380 g/mol. The summed E-state index contributed by atoms with van der Waals surface area (Å²) in [6.07, 6.45) is 3.62. The first-order chi connectivity index (χ1) is 3.81. The summed E-state index contributed by atoms with van der Waals surface area (Å²) < 4.78 is 4.30. The Kier molecular flexibility index (Phi) is 7.07. The third-order valence-electron chi connectivity index (χ3n) is 0.622. The molecule has 0 spiro atoms. The summed E-state index contributed by atoms with van der Waals surface area (Å²) in [6, 6.07) is 0. The van der Waals surface area contributed by atoms with Crippen LogP contribution in [0.1, 0.15) is 6.42 Å². The number of hydrogen-bond acceptors (Lipinski definition) is 2. The predicted molar refractivity (Wildman–Crippen MR) is 31.1 cm³/mol. The van der Waals surface area contributed by atoms with E-state index in [9.17, 15) is 4.79 Å². The van der Waals surface area contributed by atoms with Gasteiger partial charge in [-0.2, -0.15) is 6.42 Å². The first kappa shape index (κ1) is 10.2. The molecule has 0 aromatic carbocycles. The van der Waals surface area contributed by atoms with E-state index in [1.54, 1.807) is 6.08 Å². The minimum absolute atomic E-state index is 0. The third-order valence-corrected chi connectivity index (χ3v) is 0.622. The Balaban J connectivity index is 0. The molecular weight excluding hydrogens is 371 g/mol. The first-order valence-corrected chi connectivity index (χ1v) is 2.35. The van der Waals surface area contributed by atoms with E-state index in [2.05, 4.69) is 11.7 Å². The first-order valence-electron chi connectivity index (χ1n) is 2.35. The van der Waals surface area contributed by atoms with E-state index in [0.717, 1.165) is 0 Å². The average Bonchev–Trinajstić information content (AvgIpc) is 1.83. The molecule has 0 aromatic rings. The summed E-state index contributed by atoms with van der Waals surface area (Å²) >= 11 is 0. The zero-order chi connectivity index (χ0) is 6.41. The fourth-order valence-corrected chi connectivity index (χ4v) is 0.248. The van der Waals surface area contributed by atoms with Crippen molar-refractivity contribution in [1.29, 1.82) is 0 Å². The van der Waals surface area contributed by atoms with E-state index >= 15 is 0 Å². The largest absolute Gasteiger partial charge is 0.466 e. The van der Waals surface area contributed by atoms with Crippen LogP contribution in [0.15, 0.2) is 12.2 Å². The van der Waals surface area contributed by atoms with E-state index < -0.39 is 0 Å². The molecule has 0 saturated carbocycles. The average molecular weight is 380 g/mol. The molecule has 0 bridgehead atoms. The Bertz CT molecular complexity index is 99.2. The SMILES string of the molecule is [CH2-]C/C=C/C(=O)OC.[Rf]. The topological polar surface area (TPSA) is 26.3 Å². The standard InChI is InChI=1S/C6H9O2.Rf/c1-3-4-5-6(7)8-2;/h4-5H,1,3H2,2H3;/q-1;/b5-4+;. The third kappa shape index (κ3) is 6.21. The van der Waals surface area contributed by atoms with E-state index in [0.29, 0.717) is 6.42 Å². The predicted octanol–water partition coefficient (Wildman–Crippen LogP) is 0.940. The van der Waals surface area contributed by atoms with Gasteiger partial charge in [-0.05, 0) is 0 Å². The van der Waals surface area contributed by atoms with Crippen LogP contribution >= 0.6 is 0 Å². The van der Waals surface area contributed by atoms with Crippen molar-refractivity contribution in [1.82, 2.24) is 0 Å². The molecule has 0 fully saturated rings. The number of esters is 1. The Labute approximate surface area is 49.1 Å². The number of methoxy groups -OCH3 is 1. The molecule has 0 aromatic heterocycles. The Hall–Kier alpha value is -1.79. The van der Waals surface area contributed by atoms with Gasteiger partial charge >= 0.3 is 5.97 Å². The van der Waals surface area contributed by atoms with Crippen molar-refractivity contribution in [3.8, 4) is 0 Å². The molecular formula is C6H9O2Rf-. The van der Waals surface area contributed by atoms with Gasteiger partial charge in [-0.3, -0.25) is 0 Å². The van der Waals surface area contributed by atoms with Crippen LogP contribution in [0.3, 0.4) is 0 Å². The molecule has 3 heteroatoms. The summed E-state index contributed by atoms with van der Waals surface area (Å²) in [7, 11) is 1.34. The Morgan fingerprint density at radius 1 is 1.78 bits per heavy atom. The van der Waals surface area contributed by atoms with E-state index in [1.807, 2.05) is 0 Å². The summed E-state index contributed by atoms with van der Waals surface area (Å²) in [5.41, 5.74) is 0. The molecule has 0 atom stereocenters. The molecule has 0 saturated heterocycles. The minimum atomic E-state index is -0.325. The maximum absolute atomic E-state index is 10.2. The number of allylic oxidation sites excluding steroid dienone is 1. The summed E-state index contributed by atoms with van der Waals surface area (Å²) in [6.45, 7) is 3.50. The van der Waals surface area contributed by atoms with Crippen LogP contribution in [0.4, 0.5) is 0 Å². The fourth-order valence-electron chi connectivity index (χ4n) is 0.248. The van der Waals surface area contributed by atoms with Crippen molar-refractivity contribution in [2.75, 3.05) is 7.11 Å². The van der Waals surface area contributed by atoms with Crippen molar-refractivity contribution in [2.45, 2.75) is 6.42 Å². The van der Waals surface area contributed by atoms with Crippen LogP contribution in [-0.2, 0) is 9.53 Å². The smallest absolute Gasteiger partial charge is 0.330 e. The van der Waals surface area contributed by atoms with Crippen LogP contribution in [0, 0.1) is 6.92 Å². The van der Waals surface area contributed by atoms with Gasteiger partial charge < -0.3 is 11.7 Å². The van der Waals surface area contributed by atoms with E-state index in [4.69, 9.17) is 0 Å². The summed E-state index contributed by atoms with van der Waals surface area (Å²) in [5, 5.41) is 0. The number of rotatable bonds is 2. The normalized spacial score (nSPS) is 8.67. The van der Waals surface area contributed by atoms with Crippen molar-refractivity contribution >= 4 is 5.97 Å². The Morgan fingerprint density at radius 2 is 2.33 bits per heavy atom. The van der Waals surface area contributed by atoms with Gasteiger partial charge in [0.25, 0.3) is 0 Å². The van der Waals surface area contributed by atoms with E-state index in [1.165, 1.54) is 13.2 Å². The van der Waals surface area contributed by atoms with Crippen LogP contribution < -0.4 is 0 Å². The van der Waals surface area contributed by atoms with E-state index in [-0.39, 0.29) is 5.97 Å². The number of carbonyl (C=O) groups is 1. The quantitative estimate of drug-likeness (QED) is 0.405. The zero-order valence-electron chi connectivity index (χ0n) is 5.59. The molecule has 0 heterocycles. The van der Waals surface area contributed by atoms with Crippen LogP contribution in [0.5, 0.6) is 0 Å². The molecule has 9 heavy (non-hydrogen) atoms. The molecule has 48 valence electrons. The molecule has 0 radical (unpaired) electrons. The van der Waals surface area contributed by atoms with Crippen LogP contribution in [0.2, 0.25) is 0 Å². The van der Waals surface area contributed by atoms with Gasteiger partial charge in [0.1, 0.15) is 0 Å². The van der Waals surface area contributed by atoms with Crippen LogP contribution in [-0.4, -0.2) is 13.1 Å². The van der Waals surface area contributed by atoms with Gasteiger partial charge in [0, 0.05) is 6.08 Å². The minimum Gasteiger partial charge on any atom is -0.466 e. The van der Waals surface area contributed by atoms with Gasteiger partial charge in [0.2, 0.25) is 0 Å². The van der Waals surface area contributed by atoms with Crippen LogP contribution in [0.25, 0.3) is 0 Å². The zero-order valence-corrected chi connectivity index (χ0v) is 12.0. The van der Waals surface area contributed by atoms with Crippen molar-refractivity contribution < 1.29 is 9.53 Å². The van der Waals surface area contributed by atoms with Crippen molar-refractivity contribution in [3.63, 3.8) is 0 Å². The number of ether oxygens (including phenoxy) is 1. The number of hydrogen-bond donors (Lipinski definition) is 0. The van der Waals surface area contributed by atoms with Gasteiger partial charge in [-0.25, -0.2) is 4.79 Å². The molecule has 0 unspecified atom stereocenters. The molecule has 2 nitrogen and oxygen atoms in total. The maximum atomic E-state index is 10.2. The fraction of sp³-hybridized carbons (Fsp3) is 0.333. The van der Waals surface area contributed by atoms with Gasteiger partial charge in [0.05, 0.1) is 7.11 Å². The molecule has 0 rings (SSSR count). The van der Waals surface area contributed by atoms with Crippen molar-refractivity contribution in [3.05, 3.63) is 19.1 Å². The second-order valence-corrected chi connectivity index (χ2v) is 1.21. The number of carbonyl (C=O) groups excluding carboxylic acids is 1. The van der Waals surface area contributed by atoms with Gasteiger partial charge in [0.15, 0.2) is 0 Å². The summed E-state index contributed by atoms with van der Waals surface area (Å²) in [5.74, 6) is -0.325.